The van der Waals surface area contributed by atoms with E-state index in [9.17, 15) is 0 Å². The molecule has 1 heterocycles. The Morgan fingerprint density at radius 1 is 1.25 bits per heavy atom. The van der Waals surface area contributed by atoms with Crippen molar-refractivity contribution in [3.8, 4) is 5.75 Å². The monoisotopic (exact) mass is 336 g/mol. The van der Waals surface area contributed by atoms with E-state index in [2.05, 4.69) is 48.0 Å². The molecule has 1 fully saturated rings. The number of hydrogen-bond donors (Lipinski definition) is 0. The molecule has 0 bridgehead atoms. The number of rotatable bonds is 3. The molecule has 0 N–H and O–H groups in total. The van der Waals surface area contributed by atoms with Crippen LogP contribution in [-0.4, -0.2) is 5.60 Å². The van der Waals surface area contributed by atoms with Crippen LogP contribution in [0.4, 0.5) is 0 Å². The predicted molar refractivity (Wildman–Crippen MR) is 87.7 cm³/mol. The molecule has 1 unspecified atom stereocenters. The van der Waals surface area contributed by atoms with Crippen molar-refractivity contribution >= 4 is 15.9 Å². The molecular weight excluding hydrogens is 312 g/mol. The van der Waals surface area contributed by atoms with E-state index < -0.39 is 0 Å². The molecule has 0 amide bonds. The van der Waals surface area contributed by atoms with E-state index in [1.807, 2.05) is 0 Å². The fraction of sp³-hybridized carbons (Fsp3) is 0.667. The maximum Gasteiger partial charge on any atom is 0.123 e. The highest BCUT2D eigenvalue weighted by molar-refractivity contribution is 9.09. The minimum Gasteiger partial charge on any atom is -0.487 e. The number of hydrogen-bond acceptors (Lipinski definition) is 1. The number of ether oxygens (including phenoxy) is 1. The number of fused-ring (bicyclic) bond motifs is 1. The molecule has 0 saturated heterocycles. The van der Waals surface area contributed by atoms with Crippen LogP contribution in [-0.2, 0) is 6.42 Å². The Labute approximate surface area is 131 Å². The zero-order valence-electron chi connectivity index (χ0n) is 12.6. The van der Waals surface area contributed by atoms with Gasteiger partial charge < -0.3 is 4.74 Å². The quantitative estimate of drug-likeness (QED) is 0.633. The molecule has 20 heavy (non-hydrogen) atoms. The number of alkyl halides is 1. The summed E-state index contributed by atoms with van der Waals surface area (Å²) in [6, 6.07) is 6.75. The van der Waals surface area contributed by atoms with Gasteiger partial charge in [0.1, 0.15) is 11.4 Å². The predicted octanol–water partition coefficient (Wildman–Crippen LogP) is 5.81. The summed E-state index contributed by atoms with van der Waals surface area (Å²) < 4.78 is 5.96. The first-order valence-electron chi connectivity index (χ1n) is 7.99. The second-order valence-electron chi connectivity index (χ2n) is 7.11. The molecule has 0 aromatic heterocycles. The van der Waals surface area contributed by atoms with Gasteiger partial charge in [0.25, 0.3) is 0 Å². The summed E-state index contributed by atoms with van der Waals surface area (Å²) in [5.74, 6) is 1.99. The number of benzene rings is 1. The summed E-state index contributed by atoms with van der Waals surface area (Å²) in [5.41, 5.74) is 2.77. The van der Waals surface area contributed by atoms with Crippen LogP contribution < -0.4 is 4.74 Å². The van der Waals surface area contributed by atoms with Crippen LogP contribution in [0.2, 0.25) is 0 Å². The van der Waals surface area contributed by atoms with Crippen molar-refractivity contribution in [2.45, 2.75) is 69.2 Å². The molecule has 110 valence electrons. The van der Waals surface area contributed by atoms with Gasteiger partial charge in [-0.1, -0.05) is 60.2 Å². The molecular formula is C18H25BrO. The molecule has 2 aliphatic rings. The highest BCUT2D eigenvalue weighted by atomic mass is 79.9. The van der Waals surface area contributed by atoms with Crippen LogP contribution in [0.15, 0.2) is 18.2 Å². The van der Waals surface area contributed by atoms with Crippen molar-refractivity contribution in [3.05, 3.63) is 29.3 Å². The second-order valence-corrected chi connectivity index (χ2v) is 8.22. The van der Waals surface area contributed by atoms with Gasteiger partial charge in [-0.15, -0.1) is 0 Å². The normalized spacial score (nSPS) is 23.1. The fourth-order valence-electron chi connectivity index (χ4n) is 3.68. The van der Waals surface area contributed by atoms with Gasteiger partial charge >= 0.3 is 0 Å². The van der Waals surface area contributed by atoms with Gasteiger partial charge in [0.05, 0.1) is 0 Å². The minimum absolute atomic E-state index is 0.0356. The topological polar surface area (TPSA) is 9.23 Å². The van der Waals surface area contributed by atoms with Crippen LogP contribution in [0.25, 0.3) is 0 Å². The Kier molecular flexibility index (Phi) is 4.12. The third-order valence-electron chi connectivity index (χ3n) is 4.71. The first-order valence-corrected chi connectivity index (χ1v) is 8.91. The summed E-state index contributed by atoms with van der Waals surface area (Å²) >= 11 is 3.92. The lowest BCUT2D eigenvalue weighted by Crippen LogP contribution is -2.24. The van der Waals surface area contributed by atoms with Gasteiger partial charge in [-0.25, -0.2) is 0 Å². The molecule has 1 aliphatic carbocycles. The van der Waals surface area contributed by atoms with Crippen molar-refractivity contribution < 1.29 is 4.74 Å². The second kappa shape index (κ2) is 5.71. The molecule has 1 aliphatic heterocycles. The van der Waals surface area contributed by atoms with E-state index >= 15 is 0 Å². The first kappa shape index (κ1) is 14.4. The minimum atomic E-state index is -0.0356. The molecule has 1 saturated carbocycles. The molecule has 1 atom stereocenters. The Morgan fingerprint density at radius 2 is 2.00 bits per heavy atom. The van der Waals surface area contributed by atoms with Crippen LogP contribution in [0.1, 0.15) is 68.3 Å². The molecule has 0 radical (unpaired) electrons. The summed E-state index contributed by atoms with van der Waals surface area (Å²) in [6.45, 7) is 4.33. The lowest BCUT2D eigenvalue weighted by atomic mass is 9.85. The summed E-state index contributed by atoms with van der Waals surface area (Å²) in [5, 5.41) is 0. The zero-order chi connectivity index (χ0) is 14.2. The zero-order valence-corrected chi connectivity index (χ0v) is 14.2. The average molecular weight is 337 g/mol. The van der Waals surface area contributed by atoms with Gasteiger partial charge in [-0.05, 0) is 43.4 Å². The van der Waals surface area contributed by atoms with Crippen LogP contribution in [0.5, 0.6) is 5.75 Å². The maximum absolute atomic E-state index is 5.96. The van der Waals surface area contributed by atoms with Crippen molar-refractivity contribution in [3.63, 3.8) is 0 Å². The van der Waals surface area contributed by atoms with Gasteiger partial charge in [-0.3, -0.25) is 0 Å². The largest absolute Gasteiger partial charge is 0.487 e. The van der Waals surface area contributed by atoms with E-state index in [1.165, 1.54) is 49.7 Å². The van der Waals surface area contributed by atoms with E-state index in [0.717, 1.165) is 18.1 Å². The van der Waals surface area contributed by atoms with Crippen LogP contribution in [0.3, 0.4) is 0 Å². The fourth-order valence-corrected chi connectivity index (χ4v) is 4.49. The van der Waals surface area contributed by atoms with E-state index in [4.69, 9.17) is 4.74 Å². The standard InChI is InChI=1S/C18H25BrO/c1-18(2)12-15-11-14(8-9-17(15)20-18)16(19)10-13-6-4-3-5-7-13/h8-9,11,13,16H,3-7,10,12H2,1-2H3. The van der Waals surface area contributed by atoms with Crippen molar-refractivity contribution in [2.75, 3.05) is 0 Å². The Morgan fingerprint density at radius 3 is 2.75 bits per heavy atom. The number of halogens is 1. The van der Waals surface area contributed by atoms with E-state index in [-0.39, 0.29) is 5.60 Å². The molecule has 3 rings (SSSR count). The maximum atomic E-state index is 5.96. The van der Waals surface area contributed by atoms with Gasteiger partial charge in [0, 0.05) is 11.2 Å². The summed E-state index contributed by atoms with van der Waals surface area (Å²) in [4.78, 5) is 0.500. The van der Waals surface area contributed by atoms with Crippen molar-refractivity contribution in [1.29, 1.82) is 0 Å². The third-order valence-corrected chi connectivity index (χ3v) is 5.62. The van der Waals surface area contributed by atoms with Gasteiger partial charge in [0.15, 0.2) is 0 Å². The van der Waals surface area contributed by atoms with Gasteiger partial charge in [0.2, 0.25) is 0 Å². The first-order chi connectivity index (χ1) is 9.53. The van der Waals surface area contributed by atoms with E-state index in [0.29, 0.717) is 4.83 Å². The van der Waals surface area contributed by atoms with Gasteiger partial charge in [-0.2, -0.15) is 0 Å². The third kappa shape index (κ3) is 3.21. The molecule has 1 aromatic rings. The highest BCUT2D eigenvalue weighted by Gasteiger charge is 2.30. The highest BCUT2D eigenvalue weighted by Crippen LogP contribution is 2.40. The Balaban J connectivity index is 1.68. The summed E-state index contributed by atoms with van der Waals surface area (Å²) in [7, 11) is 0. The average Bonchev–Trinajstić information content (AvgIpc) is 2.72. The molecule has 0 spiro atoms. The molecule has 2 heteroatoms. The SMILES string of the molecule is CC1(C)Cc2cc(C(Br)CC3CCCCC3)ccc2O1. The smallest absolute Gasteiger partial charge is 0.123 e. The lowest BCUT2D eigenvalue weighted by Gasteiger charge is -2.24. The van der Waals surface area contributed by atoms with E-state index in [1.54, 1.807) is 0 Å². The van der Waals surface area contributed by atoms with Crippen molar-refractivity contribution in [1.82, 2.24) is 0 Å². The Hall–Kier alpha value is -0.500. The molecule has 1 aromatic carbocycles. The lowest BCUT2D eigenvalue weighted by molar-refractivity contribution is 0.138. The molecule has 1 nitrogen and oxygen atoms in total. The van der Waals surface area contributed by atoms with Crippen LogP contribution >= 0.6 is 15.9 Å². The Bertz CT molecular complexity index is 474. The van der Waals surface area contributed by atoms with Crippen LogP contribution in [0, 0.1) is 5.92 Å². The van der Waals surface area contributed by atoms with Crippen molar-refractivity contribution in [2.24, 2.45) is 5.92 Å². The summed E-state index contributed by atoms with van der Waals surface area (Å²) in [6.07, 6.45) is 9.44.